The third-order valence-electron chi connectivity index (χ3n) is 3.22. The van der Waals surface area contributed by atoms with E-state index in [0.717, 1.165) is 6.42 Å². The molecule has 1 aromatic rings. The van der Waals surface area contributed by atoms with Gasteiger partial charge in [0.15, 0.2) is 5.82 Å². The van der Waals surface area contributed by atoms with E-state index in [1.807, 2.05) is 0 Å². The van der Waals surface area contributed by atoms with Crippen LogP contribution < -0.4 is 10.6 Å². The summed E-state index contributed by atoms with van der Waals surface area (Å²) in [6.07, 6.45) is 3.79. The normalized spacial score (nSPS) is 18.7. The molecule has 1 aliphatic heterocycles. The minimum absolute atomic E-state index is 0.0515. The first kappa shape index (κ1) is 13.6. The fourth-order valence-electron chi connectivity index (χ4n) is 2.19. The molecule has 1 saturated heterocycles. The minimum atomic E-state index is -0.272. The van der Waals surface area contributed by atoms with Gasteiger partial charge in [0.2, 0.25) is 5.91 Å². The number of nitrogens with zero attached hydrogens (tertiary/aromatic N) is 4. The number of likely N-dealkylation sites (N-methyl/N-ethyl adjacent to an activating group) is 1. The SMILES string of the molecule is C=CCN1CCC(N(C)c2ncnc(N)c2Cl)C1=O. The van der Waals surface area contributed by atoms with Gasteiger partial charge in [0.05, 0.1) is 0 Å². The monoisotopic (exact) mass is 281 g/mol. The molecule has 0 aliphatic carbocycles. The number of aromatic nitrogens is 2. The fourth-order valence-corrected chi connectivity index (χ4v) is 2.42. The van der Waals surface area contributed by atoms with Gasteiger partial charge in [-0.25, -0.2) is 9.97 Å². The van der Waals surface area contributed by atoms with Gasteiger partial charge in [0.25, 0.3) is 0 Å². The number of carbonyl (C=O) groups is 1. The molecule has 0 radical (unpaired) electrons. The standard InChI is InChI=1S/C12H16ClN5O/c1-3-5-18-6-4-8(12(18)19)17(2)11-9(13)10(14)15-7-16-11/h3,7-8H,1,4-6H2,2H3,(H2,14,15,16). The first-order valence-electron chi connectivity index (χ1n) is 5.94. The predicted molar refractivity (Wildman–Crippen MR) is 75.0 cm³/mol. The first-order chi connectivity index (χ1) is 9.06. The van der Waals surface area contributed by atoms with Crippen molar-refractivity contribution in [3.05, 3.63) is 24.0 Å². The minimum Gasteiger partial charge on any atom is -0.382 e. The molecule has 102 valence electrons. The van der Waals surface area contributed by atoms with E-state index in [1.54, 1.807) is 22.9 Å². The van der Waals surface area contributed by atoms with E-state index >= 15 is 0 Å². The van der Waals surface area contributed by atoms with E-state index in [1.165, 1.54) is 6.33 Å². The number of carbonyl (C=O) groups excluding carboxylic acids is 1. The second kappa shape index (κ2) is 5.44. The van der Waals surface area contributed by atoms with Crippen molar-refractivity contribution in [1.82, 2.24) is 14.9 Å². The van der Waals surface area contributed by atoms with Gasteiger partial charge >= 0.3 is 0 Å². The lowest BCUT2D eigenvalue weighted by Gasteiger charge is -2.25. The molecule has 1 fully saturated rings. The van der Waals surface area contributed by atoms with E-state index < -0.39 is 0 Å². The summed E-state index contributed by atoms with van der Waals surface area (Å²) in [7, 11) is 1.79. The number of rotatable bonds is 4. The van der Waals surface area contributed by atoms with Crippen molar-refractivity contribution in [2.24, 2.45) is 0 Å². The highest BCUT2D eigenvalue weighted by atomic mass is 35.5. The summed E-state index contributed by atoms with van der Waals surface area (Å²) in [5.74, 6) is 0.746. The number of hydrogen-bond donors (Lipinski definition) is 1. The Labute approximate surface area is 116 Å². The van der Waals surface area contributed by atoms with E-state index in [9.17, 15) is 4.79 Å². The zero-order valence-electron chi connectivity index (χ0n) is 10.7. The van der Waals surface area contributed by atoms with Crippen LogP contribution in [0.5, 0.6) is 0 Å². The molecule has 1 aromatic heterocycles. The van der Waals surface area contributed by atoms with E-state index in [4.69, 9.17) is 17.3 Å². The lowest BCUT2D eigenvalue weighted by atomic mass is 10.2. The van der Waals surface area contributed by atoms with Crippen LogP contribution in [0, 0.1) is 0 Å². The third kappa shape index (κ3) is 2.49. The lowest BCUT2D eigenvalue weighted by Crippen LogP contribution is -2.40. The van der Waals surface area contributed by atoms with Crippen LogP contribution >= 0.6 is 11.6 Å². The maximum absolute atomic E-state index is 12.2. The molecule has 2 rings (SSSR count). The topological polar surface area (TPSA) is 75.3 Å². The maximum atomic E-state index is 12.2. The lowest BCUT2D eigenvalue weighted by molar-refractivity contribution is -0.128. The molecule has 1 amide bonds. The van der Waals surface area contributed by atoms with Crippen molar-refractivity contribution < 1.29 is 4.79 Å². The summed E-state index contributed by atoms with van der Waals surface area (Å²) in [5, 5.41) is 0.278. The van der Waals surface area contributed by atoms with Crippen molar-refractivity contribution in [2.75, 3.05) is 30.8 Å². The van der Waals surface area contributed by atoms with Crippen molar-refractivity contribution >= 4 is 29.1 Å². The predicted octanol–water partition coefficient (Wildman–Crippen LogP) is 0.935. The quantitative estimate of drug-likeness (QED) is 0.831. The van der Waals surface area contributed by atoms with Crippen molar-refractivity contribution in [3.8, 4) is 0 Å². The average molecular weight is 282 g/mol. The van der Waals surface area contributed by atoms with Gasteiger partial charge in [0.1, 0.15) is 23.2 Å². The van der Waals surface area contributed by atoms with Crippen LogP contribution in [-0.2, 0) is 4.79 Å². The molecule has 2 N–H and O–H groups in total. The number of halogens is 1. The van der Waals surface area contributed by atoms with Crippen molar-refractivity contribution in [1.29, 1.82) is 0 Å². The Balaban J connectivity index is 2.21. The van der Waals surface area contributed by atoms with Crippen LogP contribution in [0.2, 0.25) is 5.02 Å². The van der Waals surface area contributed by atoms with Crippen LogP contribution in [0.15, 0.2) is 19.0 Å². The number of nitrogen functional groups attached to an aromatic ring is 1. The molecule has 1 atom stereocenters. The van der Waals surface area contributed by atoms with E-state index in [0.29, 0.717) is 18.9 Å². The van der Waals surface area contributed by atoms with E-state index in [2.05, 4.69) is 16.5 Å². The molecular formula is C12H16ClN5O. The Bertz CT molecular complexity index is 507. The van der Waals surface area contributed by atoms with Gasteiger partial charge in [-0.1, -0.05) is 17.7 Å². The van der Waals surface area contributed by atoms with Crippen molar-refractivity contribution in [3.63, 3.8) is 0 Å². The molecule has 0 saturated carbocycles. The molecule has 19 heavy (non-hydrogen) atoms. The highest BCUT2D eigenvalue weighted by Gasteiger charge is 2.35. The maximum Gasteiger partial charge on any atom is 0.245 e. The van der Waals surface area contributed by atoms with Gasteiger partial charge in [-0.2, -0.15) is 0 Å². The van der Waals surface area contributed by atoms with E-state index in [-0.39, 0.29) is 22.8 Å². The van der Waals surface area contributed by atoms with Crippen LogP contribution in [0.3, 0.4) is 0 Å². The molecular weight excluding hydrogens is 266 g/mol. The Hall–Kier alpha value is -1.82. The second-order valence-electron chi connectivity index (χ2n) is 4.38. The Morgan fingerprint density at radius 2 is 2.42 bits per heavy atom. The number of nitrogens with two attached hydrogens (primary N) is 1. The number of amides is 1. The van der Waals surface area contributed by atoms with Gasteiger partial charge in [-0.05, 0) is 6.42 Å². The summed E-state index contributed by atoms with van der Waals surface area (Å²) in [6.45, 7) is 4.91. The average Bonchev–Trinajstić information content (AvgIpc) is 2.74. The molecule has 2 heterocycles. The van der Waals surface area contributed by atoms with Gasteiger partial charge in [-0.15, -0.1) is 6.58 Å². The third-order valence-corrected chi connectivity index (χ3v) is 3.58. The second-order valence-corrected chi connectivity index (χ2v) is 4.76. The number of anilines is 2. The van der Waals surface area contributed by atoms with Crippen LogP contribution in [0.1, 0.15) is 6.42 Å². The number of likely N-dealkylation sites (tertiary alicyclic amines) is 1. The first-order valence-corrected chi connectivity index (χ1v) is 6.32. The van der Waals surface area contributed by atoms with Crippen LogP contribution in [0.25, 0.3) is 0 Å². The molecule has 1 unspecified atom stereocenters. The highest BCUT2D eigenvalue weighted by molar-refractivity contribution is 6.35. The zero-order chi connectivity index (χ0) is 14.0. The fraction of sp³-hybridized carbons (Fsp3) is 0.417. The summed E-state index contributed by atoms with van der Waals surface area (Å²) in [6, 6.07) is -0.272. The Kier molecular flexibility index (Phi) is 3.90. The molecule has 7 heteroatoms. The zero-order valence-corrected chi connectivity index (χ0v) is 11.5. The van der Waals surface area contributed by atoms with Gasteiger partial charge < -0.3 is 15.5 Å². The molecule has 1 aliphatic rings. The van der Waals surface area contributed by atoms with Crippen LogP contribution in [0.4, 0.5) is 11.6 Å². The van der Waals surface area contributed by atoms with Crippen molar-refractivity contribution in [2.45, 2.75) is 12.5 Å². The number of hydrogen-bond acceptors (Lipinski definition) is 5. The summed E-state index contributed by atoms with van der Waals surface area (Å²) in [5.41, 5.74) is 5.65. The smallest absolute Gasteiger partial charge is 0.245 e. The Morgan fingerprint density at radius 1 is 1.68 bits per heavy atom. The van der Waals surface area contributed by atoms with Crippen LogP contribution in [-0.4, -0.2) is 47.0 Å². The van der Waals surface area contributed by atoms with Gasteiger partial charge in [0, 0.05) is 20.1 Å². The Morgan fingerprint density at radius 3 is 3.11 bits per heavy atom. The highest BCUT2D eigenvalue weighted by Crippen LogP contribution is 2.29. The largest absolute Gasteiger partial charge is 0.382 e. The summed E-state index contributed by atoms with van der Waals surface area (Å²) >= 11 is 6.08. The molecule has 6 nitrogen and oxygen atoms in total. The molecule has 0 bridgehead atoms. The summed E-state index contributed by atoms with van der Waals surface area (Å²) < 4.78 is 0. The summed E-state index contributed by atoms with van der Waals surface area (Å²) in [4.78, 5) is 23.6. The molecule has 0 aromatic carbocycles. The van der Waals surface area contributed by atoms with Gasteiger partial charge in [-0.3, -0.25) is 4.79 Å². The molecule has 0 spiro atoms.